The molecule has 1 unspecified atom stereocenters. The van der Waals surface area contributed by atoms with Gasteiger partial charge in [-0.1, -0.05) is 60.1 Å². The van der Waals surface area contributed by atoms with Crippen molar-refractivity contribution in [3.8, 4) is 6.01 Å². The van der Waals surface area contributed by atoms with Gasteiger partial charge in [-0.25, -0.2) is 11.4 Å². The molecular formula is C33H37ClN6O4. The van der Waals surface area contributed by atoms with Gasteiger partial charge in [0.1, 0.15) is 25.1 Å². The van der Waals surface area contributed by atoms with Gasteiger partial charge in [-0.05, 0) is 43.6 Å². The minimum atomic E-state index is -0.414. The maximum Gasteiger partial charge on any atom is 0.410 e. The molecule has 1 aromatic heterocycles. The largest absolute Gasteiger partial charge is 0.462 e. The normalized spacial score (nSPS) is 21.9. The number of anilines is 1. The third-order valence-corrected chi connectivity index (χ3v) is 9.05. The van der Waals surface area contributed by atoms with E-state index in [1.54, 1.807) is 4.90 Å². The first-order valence-corrected chi connectivity index (χ1v) is 15.5. The van der Waals surface area contributed by atoms with Gasteiger partial charge >= 0.3 is 12.1 Å². The number of benzene rings is 2. The number of piperazine rings is 1. The summed E-state index contributed by atoms with van der Waals surface area (Å²) in [6, 6.07) is 17.6. The topological polar surface area (TPSA) is 84.6 Å². The number of fused-ring (bicyclic) bond motifs is 1. The summed E-state index contributed by atoms with van der Waals surface area (Å²) in [6.45, 7) is 11.2. The number of hydrogen-bond acceptors (Lipinski definition) is 8. The summed E-state index contributed by atoms with van der Waals surface area (Å²) in [6.07, 6.45) is 2.11. The lowest BCUT2D eigenvalue weighted by Gasteiger charge is -2.40. The summed E-state index contributed by atoms with van der Waals surface area (Å²) >= 11 is 6.53. The van der Waals surface area contributed by atoms with Crippen LogP contribution in [0.25, 0.3) is 4.85 Å². The number of nitrogens with zero attached hydrogens (tertiary/aromatic N) is 6. The number of carbonyl (C=O) groups is 1. The second-order valence-electron chi connectivity index (χ2n) is 11.5. The Morgan fingerprint density at radius 3 is 2.68 bits per heavy atom. The molecule has 0 bridgehead atoms. The molecule has 3 atom stereocenters. The summed E-state index contributed by atoms with van der Waals surface area (Å²) in [5.41, 5.74) is 3.61. The van der Waals surface area contributed by atoms with Gasteiger partial charge < -0.3 is 28.9 Å². The van der Waals surface area contributed by atoms with Crippen LogP contribution in [0.3, 0.4) is 0 Å². The van der Waals surface area contributed by atoms with Gasteiger partial charge in [-0.15, -0.1) is 0 Å². The van der Waals surface area contributed by atoms with E-state index < -0.39 is 6.09 Å². The predicted octanol–water partition coefficient (Wildman–Crippen LogP) is 5.16. The molecule has 3 aromatic rings. The first-order valence-electron chi connectivity index (χ1n) is 15.1. The van der Waals surface area contributed by atoms with Gasteiger partial charge in [-0.3, -0.25) is 4.90 Å². The highest BCUT2D eigenvalue weighted by molar-refractivity contribution is 6.31. The van der Waals surface area contributed by atoms with Crippen LogP contribution in [0.5, 0.6) is 6.01 Å². The van der Waals surface area contributed by atoms with E-state index in [9.17, 15) is 4.79 Å². The van der Waals surface area contributed by atoms with Crippen molar-refractivity contribution in [3.63, 3.8) is 0 Å². The van der Waals surface area contributed by atoms with E-state index in [0.29, 0.717) is 56.3 Å². The van der Waals surface area contributed by atoms with Gasteiger partial charge in [0.25, 0.3) is 0 Å². The average molecular weight is 617 g/mol. The highest BCUT2D eigenvalue weighted by Gasteiger charge is 2.37. The van der Waals surface area contributed by atoms with Crippen LogP contribution in [0, 0.1) is 6.57 Å². The number of ether oxygens (including phenoxy) is 3. The van der Waals surface area contributed by atoms with Crippen molar-refractivity contribution in [1.82, 2.24) is 19.8 Å². The Kier molecular flexibility index (Phi) is 9.45. The number of hydrogen-bond donors (Lipinski definition) is 0. The molecule has 3 aliphatic heterocycles. The van der Waals surface area contributed by atoms with Crippen LogP contribution in [0.2, 0.25) is 5.02 Å². The molecule has 4 heterocycles. The number of likely N-dealkylation sites (N-methyl/N-ethyl adjacent to an activating group) is 1. The summed E-state index contributed by atoms with van der Waals surface area (Å²) in [5, 5.41) is 0.660. The number of amides is 1. The highest BCUT2D eigenvalue weighted by Crippen LogP contribution is 2.37. The fourth-order valence-corrected chi connectivity index (χ4v) is 6.46. The third kappa shape index (κ3) is 6.75. The fourth-order valence-electron chi connectivity index (χ4n) is 6.20. The van der Waals surface area contributed by atoms with E-state index in [0.717, 1.165) is 47.6 Å². The molecule has 0 aliphatic carbocycles. The summed E-state index contributed by atoms with van der Waals surface area (Å²) < 4.78 is 18.2. The molecular weight excluding hydrogens is 580 g/mol. The zero-order valence-electron chi connectivity index (χ0n) is 24.9. The van der Waals surface area contributed by atoms with Crippen LogP contribution in [-0.4, -0.2) is 84.3 Å². The first-order chi connectivity index (χ1) is 21.5. The average Bonchev–Trinajstić information content (AvgIpc) is 3.47. The van der Waals surface area contributed by atoms with Crippen molar-refractivity contribution in [2.24, 2.45) is 0 Å². The van der Waals surface area contributed by atoms with Crippen molar-refractivity contribution in [3.05, 3.63) is 93.4 Å². The lowest BCUT2D eigenvalue weighted by atomic mass is 9.99. The number of halogens is 1. The van der Waals surface area contributed by atoms with Gasteiger partial charge in [0, 0.05) is 42.7 Å². The van der Waals surface area contributed by atoms with Gasteiger partial charge in [-0.2, -0.15) is 9.97 Å². The standard InChI is InChI=1S/C33H37ClN6O4/c1-35-18-25-19-39(15-16-40(25)33(41)44-20-23-9-4-3-5-10-23)31-27-22-42-30(26-12-6-7-13-28(26)34)17-29(27)36-32(37-31)43-21-24-11-8-14-38(24)2/h3-7,9-10,12-13,24-25,30H,8,11,14-22H2,2H3/t24-,25-,30?/m0/s1. The molecule has 0 spiro atoms. The molecule has 44 heavy (non-hydrogen) atoms. The summed E-state index contributed by atoms with van der Waals surface area (Å²) in [7, 11) is 2.12. The Morgan fingerprint density at radius 2 is 1.91 bits per heavy atom. The Hall–Kier alpha value is -3.91. The number of rotatable bonds is 8. The van der Waals surface area contributed by atoms with E-state index in [1.165, 1.54) is 0 Å². The quantitative estimate of drug-likeness (QED) is 0.321. The van der Waals surface area contributed by atoms with Crippen molar-refractivity contribution in [2.45, 2.75) is 50.7 Å². The van der Waals surface area contributed by atoms with Crippen LogP contribution >= 0.6 is 11.6 Å². The fraction of sp³-hybridized carbons (Fsp3) is 0.455. The monoisotopic (exact) mass is 616 g/mol. The number of aromatic nitrogens is 2. The Labute approximate surface area is 263 Å². The molecule has 0 radical (unpaired) electrons. The lowest BCUT2D eigenvalue weighted by molar-refractivity contribution is 0.0255. The van der Waals surface area contributed by atoms with Crippen LogP contribution < -0.4 is 9.64 Å². The minimum absolute atomic E-state index is 0.159. The molecule has 2 fully saturated rings. The maximum absolute atomic E-state index is 13.1. The van der Waals surface area contributed by atoms with Gasteiger partial charge in [0.2, 0.25) is 6.54 Å². The zero-order valence-corrected chi connectivity index (χ0v) is 25.7. The minimum Gasteiger partial charge on any atom is -0.462 e. The third-order valence-electron chi connectivity index (χ3n) is 8.71. The number of carbonyl (C=O) groups excluding carboxylic acids is 1. The molecule has 11 heteroatoms. The van der Waals surface area contributed by atoms with Crippen molar-refractivity contribution in [1.29, 1.82) is 0 Å². The Morgan fingerprint density at radius 1 is 1.09 bits per heavy atom. The second-order valence-corrected chi connectivity index (χ2v) is 11.9. The summed E-state index contributed by atoms with van der Waals surface area (Å²) in [5.74, 6) is 0.731. The van der Waals surface area contributed by atoms with Crippen molar-refractivity contribution in [2.75, 3.05) is 51.3 Å². The molecule has 2 saturated heterocycles. The van der Waals surface area contributed by atoms with E-state index in [1.807, 2.05) is 54.6 Å². The molecule has 3 aliphatic rings. The SMILES string of the molecule is [C-]#[N+]C[C@H]1CN(c2nc(OC[C@@H]3CCCN3C)nc3c2COC(c2ccccc2Cl)C3)CCN1C(=O)OCc1ccccc1. The summed E-state index contributed by atoms with van der Waals surface area (Å²) in [4.78, 5) is 32.7. The smallest absolute Gasteiger partial charge is 0.410 e. The Balaban J connectivity index is 1.23. The molecule has 1 amide bonds. The van der Waals surface area contributed by atoms with Gasteiger partial charge in [0.05, 0.1) is 18.4 Å². The molecule has 230 valence electrons. The van der Waals surface area contributed by atoms with Crippen LogP contribution in [0.4, 0.5) is 10.6 Å². The maximum atomic E-state index is 13.1. The van der Waals surface area contributed by atoms with Crippen molar-refractivity contribution >= 4 is 23.5 Å². The zero-order chi connectivity index (χ0) is 30.5. The first kappa shape index (κ1) is 30.1. The van der Waals surface area contributed by atoms with Crippen LogP contribution in [-0.2, 0) is 29.1 Å². The molecule has 6 rings (SSSR count). The molecule has 2 aromatic carbocycles. The highest BCUT2D eigenvalue weighted by atomic mass is 35.5. The Bertz CT molecular complexity index is 1500. The van der Waals surface area contributed by atoms with E-state index in [-0.39, 0.29) is 25.3 Å². The van der Waals surface area contributed by atoms with Crippen LogP contribution in [0.1, 0.15) is 41.3 Å². The second kappa shape index (κ2) is 13.8. The van der Waals surface area contributed by atoms with E-state index in [2.05, 4.69) is 21.7 Å². The predicted molar refractivity (Wildman–Crippen MR) is 167 cm³/mol. The van der Waals surface area contributed by atoms with E-state index >= 15 is 0 Å². The molecule has 0 N–H and O–H groups in total. The van der Waals surface area contributed by atoms with Crippen LogP contribution in [0.15, 0.2) is 54.6 Å². The van der Waals surface area contributed by atoms with Crippen molar-refractivity contribution < 1.29 is 19.0 Å². The molecule has 10 nitrogen and oxygen atoms in total. The number of likely N-dealkylation sites (tertiary alicyclic amines) is 1. The lowest BCUT2D eigenvalue weighted by Crippen LogP contribution is -2.57. The van der Waals surface area contributed by atoms with E-state index in [4.69, 9.17) is 42.4 Å². The van der Waals surface area contributed by atoms with Gasteiger partial charge in [0.15, 0.2) is 0 Å². The molecule has 0 saturated carbocycles.